The Morgan fingerprint density at radius 1 is 0.742 bits per heavy atom. The van der Waals surface area contributed by atoms with E-state index in [9.17, 15) is 14.9 Å². The van der Waals surface area contributed by atoms with Gasteiger partial charge in [-0.05, 0) is 67.9 Å². The number of carbonyl (C=O) groups excluding carboxylic acids is 1. The van der Waals surface area contributed by atoms with Gasteiger partial charge in [0.2, 0.25) is 0 Å². The number of imidazole rings is 1. The Kier molecular flexibility index (Phi) is 12.6. The van der Waals surface area contributed by atoms with Crippen LogP contribution < -0.4 is 0 Å². The predicted molar refractivity (Wildman–Crippen MR) is 236 cm³/mol. The highest BCUT2D eigenvalue weighted by molar-refractivity contribution is 6.30. The Morgan fingerprint density at radius 3 is 1.97 bits per heavy atom. The van der Waals surface area contributed by atoms with Crippen molar-refractivity contribution in [2.24, 2.45) is 0 Å². The maximum atomic E-state index is 13.2. The zero-order valence-electron chi connectivity index (χ0n) is 33.9. The first-order chi connectivity index (χ1) is 30.4. The van der Waals surface area contributed by atoms with Crippen LogP contribution in [-0.2, 0) is 41.3 Å². The van der Waals surface area contributed by atoms with E-state index in [0.29, 0.717) is 30.0 Å². The maximum Gasteiger partial charge on any atom is 0.338 e. The van der Waals surface area contributed by atoms with Crippen molar-refractivity contribution in [3.05, 3.63) is 224 Å². The van der Waals surface area contributed by atoms with E-state index < -0.39 is 16.6 Å². The van der Waals surface area contributed by atoms with Crippen LogP contribution in [0.25, 0.3) is 22.5 Å². The van der Waals surface area contributed by atoms with Gasteiger partial charge in [-0.2, -0.15) is 0 Å². The number of hydrogen-bond donors (Lipinski definition) is 0. The quantitative estimate of drug-likeness (QED) is 0.0379. The molecule has 13 heteroatoms. The van der Waals surface area contributed by atoms with E-state index in [4.69, 9.17) is 26.6 Å². The van der Waals surface area contributed by atoms with Crippen molar-refractivity contribution in [3.8, 4) is 22.5 Å². The summed E-state index contributed by atoms with van der Waals surface area (Å²) in [6, 6.07) is 53.7. The molecule has 0 aliphatic rings. The Bertz CT molecular complexity index is 2680. The Labute approximate surface area is 363 Å². The summed E-state index contributed by atoms with van der Waals surface area (Å²) in [7, 11) is 0. The summed E-state index contributed by atoms with van der Waals surface area (Å²) in [5.74, 6) is 0.793. The number of aromatic nitrogens is 6. The van der Waals surface area contributed by atoms with Crippen LogP contribution >= 0.6 is 11.6 Å². The maximum absolute atomic E-state index is 13.2. The van der Waals surface area contributed by atoms with E-state index in [-0.39, 0.29) is 23.9 Å². The summed E-state index contributed by atoms with van der Waals surface area (Å²) < 4.78 is 9.69. The van der Waals surface area contributed by atoms with Gasteiger partial charge in [-0.25, -0.2) is 14.5 Å². The van der Waals surface area contributed by atoms with Gasteiger partial charge in [0.1, 0.15) is 24.6 Å². The van der Waals surface area contributed by atoms with Crippen LogP contribution in [0.15, 0.2) is 164 Å². The molecule has 2 heterocycles. The highest BCUT2D eigenvalue weighted by atomic mass is 35.5. The third kappa shape index (κ3) is 8.59. The molecule has 0 radical (unpaired) electrons. The summed E-state index contributed by atoms with van der Waals surface area (Å²) in [5, 5.41) is 23.9. The molecule has 0 fully saturated rings. The molecule has 2 aromatic heterocycles. The molecule has 0 aliphatic heterocycles. The third-order valence-corrected chi connectivity index (χ3v) is 11.1. The van der Waals surface area contributed by atoms with Crippen molar-refractivity contribution in [2.45, 2.75) is 51.5 Å². The third-order valence-electron chi connectivity index (χ3n) is 10.8. The van der Waals surface area contributed by atoms with E-state index in [1.807, 2.05) is 76.0 Å². The molecule has 0 atom stereocenters. The van der Waals surface area contributed by atoms with Crippen LogP contribution in [0.5, 0.6) is 0 Å². The minimum atomic E-state index is -0.911. The molecule has 310 valence electrons. The first-order valence-corrected chi connectivity index (χ1v) is 20.7. The van der Waals surface area contributed by atoms with Crippen LogP contribution in [0.4, 0.5) is 0 Å². The molecular formula is C49H42ClN7O5. The molecule has 8 rings (SSSR count). The van der Waals surface area contributed by atoms with Crippen molar-refractivity contribution in [3.63, 3.8) is 0 Å². The number of nitrogens with zero attached hydrogens (tertiary/aromatic N) is 7. The number of esters is 1. The first-order valence-electron chi connectivity index (χ1n) is 20.3. The molecule has 0 saturated carbocycles. The van der Waals surface area contributed by atoms with E-state index in [1.54, 1.807) is 18.2 Å². The molecule has 0 bridgehead atoms. The number of ether oxygens (including phenoxy) is 1. The molecule has 8 aromatic rings. The molecule has 0 N–H and O–H groups in total. The number of carbonyl (C=O) groups is 1. The van der Waals surface area contributed by atoms with E-state index >= 15 is 0 Å². The van der Waals surface area contributed by atoms with Gasteiger partial charge in [-0.1, -0.05) is 177 Å². The monoisotopic (exact) mass is 843 g/mol. The second-order valence-electron chi connectivity index (χ2n) is 14.7. The Hall–Kier alpha value is -7.44. The normalized spacial score (nSPS) is 11.3. The van der Waals surface area contributed by atoms with Gasteiger partial charge in [0, 0.05) is 18.5 Å². The van der Waals surface area contributed by atoms with Crippen molar-refractivity contribution >= 4 is 17.6 Å². The molecule has 0 amide bonds. The predicted octanol–water partition coefficient (Wildman–Crippen LogP) is 10.2. The summed E-state index contributed by atoms with van der Waals surface area (Å²) in [5.41, 5.74) is 7.16. The smallest absolute Gasteiger partial charge is 0.338 e. The highest BCUT2D eigenvalue weighted by Gasteiger charge is 2.42. The standard InChI is InChI=1S/C49H42ClN7O5/c1-2-3-26-45-51-46(50)44(34-61-48(58)38-17-15-16-36(31-38)33-62-57(59)60)55(45)32-35-27-29-37(30-28-35)42-24-13-14-25-43(42)47-52-53-54-56(47)49(39-18-7-4-8-19-39,40-20-9-5-10-21-40)41-22-11-6-12-23-41/h4-25,27-31H,2-3,26,32-34H2,1H3. The lowest BCUT2D eigenvalue weighted by Gasteiger charge is -2.36. The number of benzene rings is 6. The van der Waals surface area contributed by atoms with Crippen molar-refractivity contribution in [1.29, 1.82) is 0 Å². The number of tetrazole rings is 1. The van der Waals surface area contributed by atoms with Crippen LogP contribution in [0.2, 0.25) is 5.15 Å². The lowest BCUT2D eigenvalue weighted by molar-refractivity contribution is -0.763. The van der Waals surface area contributed by atoms with Gasteiger partial charge in [0.05, 0.1) is 11.3 Å². The van der Waals surface area contributed by atoms with Crippen molar-refractivity contribution in [1.82, 2.24) is 29.8 Å². The zero-order valence-corrected chi connectivity index (χ0v) is 34.6. The molecule has 0 unspecified atom stereocenters. The lowest BCUT2D eigenvalue weighted by atomic mass is 9.77. The van der Waals surface area contributed by atoms with Gasteiger partial charge < -0.3 is 14.1 Å². The summed E-state index contributed by atoms with van der Waals surface area (Å²) >= 11 is 6.73. The van der Waals surface area contributed by atoms with Gasteiger partial charge >= 0.3 is 5.97 Å². The molecule has 62 heavy (non-hydrogen) atoms. The molecule has 0 saturated heterocycles. The SMILES string of the molecule is CCCCc1nc(Cl)c(COC(=O)c2cccc(CO[N+](=O)[O-])c2)n1Cc1ccc(-c2ccccc2-c2nnnn2C(c2ccccc2)(c2ccccc2)c2ccccc2)cc1. The fourth-order valence-corrected chi connectivity index (χ4v) is 8.13. The molecular weight excluding hydrogens is 802 g/mol. The lowest BCUT2D eigenvalue weighted by Crippen LogP contribution is -2.39. The topological polar surface area (TPSA) is 140 Å². The first kappa shape index (κ1) is 41.3. The molecule has 0 spiro atoms. The summed E-state index contributed by atoms with van der Waals surface area (Å²) in [4.78, 5) is 33.0. The molecule has 0 aliphatic carbocycles. The second-order valence-corrected chi connectivity index (χ2v) is 15.1. The number of hydrogen-bond acceptors (Lipinski definition) is 9. The van der Waals surface area contributed by atoms with Crippen LogP contribution in [0.3, 0.4) is 0 Å². The number of unbranched alkanes of at least 4 members (excludes halogenated alkanes) is 1. The van der Waals surface area contributed by atoms with E-state index in [1.165, 1.54) is 6.07 Å². The summed E-state index contributed by atoms with van der Waals surface area (Å²) in [6.45, 7) is 2.15. The molecule has 6 aromatic carbocycles. The zero-order chi connectivity index (χ0) is 42.9. The van der Waals surface area contributed by atoms with Crippen molar-refractivity contribution < 1.29 is 19.5 Å². The van der Waals surface area contributed by atoms with Gasteiger partial charge in [0.25, 0.3) is 5.09 Å². The molecule has 12 nitrogen and oxygen atoms in total. The van der Waals surface area contributed by atoms with E-state index in [2.05, 4.69) is 94.8 Å². The fraction of sp³-hybridized carbons (Fsp3) is 0.163. The van der Waals surface area contributed by atoms with Crippen LogP contribution in [0.1, 0.15) is 69.5 Å². The van der Waals surface area contributed by atoms with Gasteiger partial charge in [0.15, 0.2) is 11.0 Å². The minimum absolute atomic E-state index is 0.122. The van der Waals surface area contributed by atoms with Crippen molar-refractivity contribution in [2.75, 3.05) is 0 Å². The number of aryl methyl sites for hydroxylation is 1. The average Bonchev–Trinajstić information content (AvgIpc) is 3.92. The average molecular weight is 844 g/mol. The van der Waals surface area contributed by atoms with Gasteiger partial charge in [-0.3, -0.25) is 0 Å². The van der Waals surface area contributed by atoms with Crippen LogP contribution in [-0.4, -0.2) is 40.8 Å². The number of rotatable bonds is 17. The highest BCUT2D eigenvalue weighted by Crippen LogP contribution is 2.43. The Balaban J connectivity index is 1.11. The minimum Gasteiger partial charge on any atom is -0.456 e. The summed E-state index contributed by atoms with van der Waals surface area (Å²) in [6.07, 6.45) is 2.56. The second kappa shape index (κ2) is 18.9. The van der Waals surface area contributed by atoms with Crippen LogP contribution in [0, 0.1) is 10.1 Å². The fourth-order valence-electron chi connectivity index (χ4n) is 7.88. The van der Waals surface area contributed by atoms with E-state index in [0.717, 1.165) is 57.6 Å². The Morgan fingerprint density at radius 2 is 1.35 bits per heavy atom. The largest absolute Gasteiger partial charge is 0.456 e. The number of halogens is 1. The van der Waals surface area contributed by atoms with Gasteiger partial charge in [-0.15, -0.1) is 15.2 Å².